The lowest BCUT2D eigenvalue weighted by molar-refractivity contribution is -0.940. The molecule has 3 aromatic heterocycles. The van der Waals surface area contributed by atoms with E-state index in [0.717, 1.165) is 11.5 Å². The first-order chi connectivity index (χ1) is 21.3. The minimum Gasteiger partial charge on any atom is -0.456 e. The highest BCUT2D eigenvalue weighted by atomic mass is 16.5. The molecule has 12 rings (SSSR count). The molecule has 3 aliphatic heterocycles. The summed E-state index contributed by atoms with van der Waals surface area (Å²) >= 11 is 0. The molecule has 3 aliphatic rings. The maximum Gasteiger partial charge on any atom is 0.372 e. The van der Waals surface area contributed by atoms with Gasteiger partial charge < -0.3 is 4.74 Å². The van der Waals surface area contributed by atoms with E-state index in [9.17, 15) is 0 Å². The van der Waals surface area contributed by atoms with E-state index >= 15 is 0 Å². The Kier molecular flexibility index (Phi) is 3.26. The van der Waals surface area contributed by atoms with E-state index < -0.39 is 5.66 Å². The summed E-state index contributed by atoms with van der Waals surface area (Å²) in [6.07, 6.45) is 2.25. The molecule has 1 atom stereocenters. The van der Waals surface area contributed by atoms with E-state index in [1.165, 1.54) is 82.3 Å². The number of ether oxygens (including phenoxy) is 1. The smallest absolute Gasteiger partial charge is 0.372 e. The molecule has 43 heavy (non-hydrogen) atoms. The average Bonchev–Trinajstić information content (AvgIpc) is 3.67. The van der Waals surface area contributed by atoms with Crippen LogP contribution in [0.3, 0.4) is 0 Å². The number of nitrogens with zero attached hydrogens (tertiary/aromatic N) is 3. The molecule has 0 radical (unpaired) electrons. The van der Waals surface area contributed by atoms with Gasteiger partial charge in [0.05, 0.1) is 10.9 Å². The zero-order chi connectivity index (χ0) is 27.6. The van der Waals surface area contributed by atoms with Crippen LogP contribution in [0.2, 0.25) is 0 Å². The summed E-state index contributed by atoms with van der Waals surface area (Å²) in [6.45, 7) is 0. The number of hydrogen-bond acceptors (Lipinski definition) is 1. The molecule has 6 aromatic carbocycles. The van der Waals surface area contributed by atoms with Crippen molar-refractivity contribution >= 4 is 59.9 Å². The van der Waals surface area contributed by atoms with E-state index in [2.05, 4.69) is 141 Å². The van der Waals surface area contributed by atoms with Gasteiger partial charge in [0, 0.05) is 22.9 Å². The van der Waals surface area contributed by atoms with Gasteiger partial charge >= 0.3 is 11.3 Å². The van der Waals surface area contributed by atoms with E-state index in [1.54, 1.807) is 0 Å². The van der Waals surface area contributed by atoms with Crippen LogP contribution in [0.5, 0.6) is 11.5 Å². The van der Waals surface area contributed by atoms with Crippen LogP contribution >= 0.6 is 0 Å². The second-order valence-electron chi connectivity index (χ2n) is 12.2. The SMILES string of the molecule is c1cc2c3c(c1)-c1cccc[n+]1C31c3c(ccc4c5cc6cc7ccccc7cc6cc5n5c6ccccc6[n+]1c5c34)O2. The van der Waals surface area contributed by atoms with Crippen LogP contribution in [0.1, 0.15) is 11.1 Å². The largest absolute Gasteiger partial charge is 0.456 e. The zero-order valence-electron chi connectivity index (χ0n) is 22.9. The molecule has 0 saturated heterocycles. The molecule has 0 aliphatic carbocycles. The predicted octanol–water partition coefficient (Wildman–Crippen LogP) is 7.98. The van der Waals surface area contributed by atoms with Gasteiger partial charge in [-0.1, -0.05) is 42.5 Å². The van der Waals surface area contributed by atoms with E-state index in [0.29, 0.717) is 0 Å². The van der Waals surface area contributed by atoms with Gasteiger partial charge in [0.2, 0.25) is 5.69 Å². The quantitative estimate of drug-likeness (QED) is 0.107. The maximum atomic E-state index is 6.79. The number of benzene rings is 6. The number of pyridine rings is 2. The van der Waals surface area contributed by atoms with Crippen molar-refractivity contribution in [3.8, 4) is 22.8 Å². The molecule has 1 unspecified atom stereocenters. The van der Waals surface area contributed by atoms with Gasteiger partial charge in [-0.15, -0.1) is 9.13 Å². The van der Waals surface area contributed by atoms with Crippen LogP contribution in [0, 0.1) is 0 Å². The first kappa shape index (κ1) is 21.0. The van der Waals surface area contributed by atoms with Crippen molar-refractivity contribution in [2.45, 2.75) is 5.66 Å². The lowest BCUT2D eigenvalue weighted by Gasteiger charge is -2.28. The fraction of sp³-hybridized carbons (Fsp3) is 0.0256. The number of imidazole rings is 1. The lowest BCUT2D eigenvalue weighted by atomic mass is 9.85. The zero-order valence-corrected chi connectivity index (χ0v) is 22.9. The van der Waals surface area contributed by atoms with Gasteiger partial charge in [-0.3, -0.25) is 0 Å². The third-order valence-electron chi connectivity index (χ3n) is 10.3. The van der Waals surface area contributed by atoms with Gasteiger partial charge in [0.1, 0.15) is 28.1 Å². The molecule has 0 amide bonds. The summed E-state index contributed by atoms with van der Waals surface area (Å²) in [5.41, 5.74) is 9.17. The fourth-order valence-electron chi connectivity index (χ4n) is 8.77. The van der Waals surface area contributed by atoms with Gasteiger partial charge in [-0.25, -0.2) is 0 Å². The van der Waals surface area contributed by atoms with Crippen molar-refractivity contribution < 1.29 is 13.9 Å². The standard InChI is InChI=1S/C39H21N3O/c1-2-9-23-19-25-21-32-28(20-24(25)18-22(23)8-1)26-15-16-34-37-35(26)38-41(32)30-12-3-4-13-31(30)42(38)39(37)36-27(10-7-14-33(36)43-34)29-11-5-6-17-40(29)39/h1-21H/q+2. The Bertz CT molecular complexity index is 2830. The summed E-state index contributed by atoms with van der Waals surface area (Å²) in [5.74, 6) is 1.86. The Morgan fingerprint density at radius 1 is 0.581 bits per heavy atom. The molecule has 196 valence electrons. The average molecular weight is 548 g/mol. The monoisotopic (exact) mass is 547 g/mol. The topological polar surface area (TPSA) is 21.4 Å². The van der Waals surface area contributed by atoms with E-state index in [4.69, 9.17) is 4.74 Å². The Balaban J connectivity index is 1.40. The van der Waals surface area contributed by atoms with Crippen molar-refractivity contribution in [2.75, 3.05) is 0 Å². The molecule has 0 fully saturated rings. The van der Waals surface area contributed by atoms with Gasteiger partial charge in [0.15, 0.2) is 17.2 Å². The Morgan fingerprint density at radius 3 is 2.28 bits per heavy atom. The molecular formula is C39H21N3O+2. The molecule has 4 nitrogen and oxygen atoms in total. The summed E-state index contributed by atoms with van der Waals surface area (Å²) < 4.78 is 14.4. The van der Waals surface area contributed by atoms with Crippen LogP contribution in [-0.2, 0) is 5.66 Å². The number of rotatable bonds is 0. The third-order valence-corrected chi connectivity index (χ3v) is 10.3. The lowest BCUT2D eigenvalue weighted by Crippen LogP contribution is -2.71. The summed E-state index contributed by atoms with van der Waals surface area (Å²) in [5, 5.41) is 8.83. The van der Waals surface area contributed by atoms with Crippen molar-refractivity contribution in [3.63, 3.8) is 0 Å². The van der Waals surface area contributed by atoms with Gasteiger partial charge in [-0.05, 0) is 88.3 Å². The van der Waals surface area contributed by atoms with Crippen LogP contribution < -0.4 is 13.9 Å². The second kappa shape index (κ2) is 6.66. The molecule has 0 N–H and O–H groups in total. The summed E-state index contributed by atoms with van der Waals surface area (Å²) in [7, 11) is 0. The predicted molar refractivity (Wildman–Crippen MR) is 169 cm³/mol. The molecule has 6 heterocycles. The number of para-hydroxylation sites is 2. The molecule has 0 bridgehead atoms. The number of hydrogen-bond donors (Lipinski definition) is 0. The minimum atomic E-state index is -0.586. The first-order valence-corrected chi connectivity index (χ1v) is 14.9. The summed E-state index contributed by atoms with van der Waals surface area (Å²) in [4.78, 5) is 0. The van der Waals surface area contributed by atoms with Crippen molar-refractivity contribution in [3.05, 3.63) is 139 Å². The molecule has 4 heteroatoms. The van der Waals surface area contributed by atoms with Gasteiger partial charge in [-0.2, -0.15) is 4.40 Å². The second-order valence-corrected chi connectivity index (χ2v) is 12.2. The van der Waals surface area contributed by atoms with Gasteiger partial charge in [0.25, 0.3) is 0 Å². The number of aromatic nitrogens is 3. The third kappa shape index (κ3) is 2.10. The Hall–Kier alpha value is -5.74. The molecule has 0 saturated carbocycles. The fourth-order valence-corrected chi connectivity index (χ4v) is 8.77. The Labute approximate surface area is 244 Å². The van der Waals surface area contributed by atoms with Crippen molar-refractivity contribution in [1.82, 2.24) is 4.40 Å². The highest BCUT2D eigenvalue weighted by Gasteiger charge is 2.68. The molecule has 9 aromatic rings. The maximum absolute atomic E-state index is 6.79. The molecule has 1 spiro atoms. The molecular weight excluding hydrogens is 526 g/mol. The van der Waals surface area contributed by atoms with Crippen LogP contribution in [0.4, 0.5) is 0 Å². The normalized spacial score (nSPS) is 17.1. The van der Waals surface area contributed by atoms with Crippen molar-refractivity contribution in [1.29, 1.82) is 0 Å². The van der Waals surface area contributed by atoms with E-state index in [1.807, 2.05) is 0 Å². The van der Waals surface area contributed by atoms with Crippen LogP contribution in [0.25, 0.3) is 71.2 Å². The Morgan fingerprint density at radius 2 is 1.37 bits per heavy atom. The van der Waals surface area contributed by atoms with Crippen LogP contribution in [-0.4, -0.2) is 4.40 Å². The van der Waals surface area contributed by atoms with Crippen LogP contribution in [0.15, 0.2) is 128 Å². The summed E-state index contributed by atoms with van der Waals surface area (Å²) in [6, 6.07) is 44.6. The highest BCUT2D eigenvalue weighted by Crippen LogP contribution is 2.58. The number of fused-ring (bicyclic) bond motifs is 10. The van der Waals surface area contributed by atoms with Crippen molar-refractivity contribution in [2.24, 2.45) is 0 Å². The minimum absolute atomic E-state index is 0.586. The highest BCUT2D eigenvalue weighted by molar-refractivity contribution is 6.19. The van der Waals surface area contributed by atoms with E-state index in [-0.39, 0.29) is 0 Å². The first-order valence-electron chi connectivity index (χ1n) is 14.9.